The van der Waals surface area contributed by atoms with Crippen LogP contribution in [0.4, 0.5) is 4.79 Å². The van der Waals surface area contributed by atoms with Crippen molar-refractivity contribution in [3.63, 3.8) is 0 Å². The number of thioether (sulfide) groups is 1. The lowest BCUT2D eigenvalue weighted by Gasteiger charge is -2.31. The van der Waals surface area contributed by atoms with Crippen LogP contribution in [0.3, 0.4) is 0 Å². The third kappa shape index (κ3) is 5.11. The molecule has 0 unspecified atom stereocenters. The van der Waals surface area contributed by atoms with Gasteiger partial charge in [0, 0.05) is 31.3 Å². The first-order valence-corrected chi connectivity index (χ1v) is 9.46. The van der Waals surface area contributed by atoms with Crippen LogP contribution in [0.2, 0.25) is 0 Å². The third-order valence-corrected chi connectivity index (χ3v) is 5.57. The Morgan fingerprint density at radius 3 is 2.48 bits per heavy atom. The molecule has 1 amide bonds. The topological polar surface area (TPSA) is 49.9 Å². The van der Waals surface area contributed by atoms with Crippen molar-refractivity contribution >= 4 is 23.0 Å². The highest BCUT2D eigenvalue weighted by atomic mass is 32.2. The van der Waals surface area contributed by atoms with Gasteiger partial charge in [-0.15, -0.1) is 0 Å². The molecular formula is C17H30N2O3S. The van der Waals surface area contributed by atoms with E-state index in [-0.39, 0.29) is 22.5 Å². The molecule has 0 saturated carbocycles. The second-order valence-electron chi connectivity index (χ2n) is 7.61. The molecule has 132 valence electrons. The van der Waals surface area contributed by atoms with Crippen LogP contribution in [0.15, 0.2) is 0 Å². The number of likely N-dealkylation sites (tertiary alicyclic amines) is 2. The van der Waals surface area contributed by atoms with E-state index in [4.69, 9.17) is 4.74 Å². The van der Waals surface area contributed by atoms with Crippen molar-refractivity contribution in [3.8, 4) is 0 Å². The van der Waals surface area contributed by atoms with Crippen LogP contribution in [-0.4, -0.2) is 64.1 Å². The summed E-state index contributed by atoms with van der Waals surface area (Å²) < 4.78 is 5.60. The van der Waals surface area contributed by atoms with E-state index in [2.05, 4.69) is 11.8 Å². The van der Waals surface area contributed by atoms with Gasteiger partial charge >= 0.3 is 6.09 Å². The molecule has 2 aliphatic heterocycles. The molecule has 2 fully saturated rings. The van der Waals surface area contributed by atoms with Crippen LogP contribution >= 0.6 is 11.8 Å². The number of hydrogen-bond acceptors (Lipinski definition) is 5. The second-order valence-corrected chi connectivity index (χ2v) is 9.09. The van der Waals surface area contributed by atoms with Gasteiger partial charge in [-0.05, 0) is 52.6 Å². The average Bonchev–Trinajstić information content (AvgIpc) is 3.01. The van der Waals surface area contributed by atoms with Crippen LogP contribution in [0, 0.1) is 5.92 Å². The molecule has 6 heteroatoms. The largest absolute Gasteiger partial charge is 0.444 e. The fourth-order valence-electron chi connectivity index (χ4n) is 3.59. The van der Waals surface area contributed by atoms with Gasteiger partial charge in [-0.25, -0.2) is 4.79 Å². The van der Waals surface area contributed by atoms with Crippen molar-refractivity contribution in [2.75, 3.05) is 26.2 Å². The van der Waals surface area contributed by atoms with Crippen molar-refractivity contribution in [1.82, 2.24) is 9.80 Å². The number of hydrogen-bond donors (Lipinski definition) is 0. The second kappa shape index (κ2) is 7.43. The number of nitrogens with zero attached hydrogens (tertiary/aromatic N) is 2. The highest BCUT2D eigenvalue weighted by molar-refractivity contribution is 8.14. The first kappa shape index (κ1) is 18.6. The van der Waals surface area contributed by atoms with Gasteiger partial charge in [-0.1, -0.05) is 18.7 Å². The predicted molar refractivity (Wildman–Crippen MR) is 93.6 cm³/mol. The van der Waals surface area contributed by atoms with Crippen molar-refractivity contribution in [1.29, 1.82) is 0 Å². The molecule has 2 rings (SSSR count). The summed E-state index contributed by atoms with van der Waals surface area (Å²) in [6, 6.07) is 0.193. The van der Waals surface area contributed by atoms with Gasteiger partial charge in [-0.2, -0.15) is 0 Å². The van der Waals surface area contributed by atoms with Gasteiger partial charge in [-0.3, -0.25) is 4.79 Å². The fourth-order valence-corrected chi connectivity index (χ4v) is 4.59. The Morgan fingerprint density at radius 2 is 1.96 bits per heavy atom. The Morgan fingerprint density at radius 1 is 1.26 bits per heavy atom. The zero-order chi connectivity index (χ0) is 17.2. The highest BCUT2D eigenvalue weighted by Gasteiger charge is 2.43. The number of ether oxygens (including phenoxy) is 1. The molecule has 2 aliphatic rings. The van der Waals surface area contributed by atoms with Crippen LogP contribution in [0.25, 0.3) is 0 Å². The first-order valence-electron chi connectivity index (χ1n) is 8.58. The van der Waals surface area contributed by atoms with E-state index in [1.165, 1.54) is 11.8 Å². The van der Waals surface area contributed by atoms with Crippen molar-refractivity contribution in [2.45, 2.75) is 64.4 Å². The smallest absolute Gasteiger partial charge is 0.410 e. The van der Waals surface area contributed by atoms with E-state index in [0.717, 1.165) is 32.5 Å². The van der Waals surface area contributed by atoms with Gasteiger partial charge in [0.2, 0.25) is 0 Å². The SMILES string of the molecule is CCN1CC[C@H]([C@@H]2C[C@H](SC(C)=O)CN2C(=O)OC(C)(C)C)C1. The Labute approximate surface area is 144 Å². The normalized spacial score (nSPS) is 29.1. The van der Waals surface area contributed by atoms with Gasteiger partial charge < -0.3 is 14.5 Å². The first-order chi connectivity index (χ1) is 10.7. The predicted octanol–water partition coefficient (Wildman–Crippen LogP) is 2.99. The molecule has 23 heavy (non-hydrogen) atoms. The number of rotatable bonds is 3. The molecular weight excluding hydrogens is 312 g/mol. The van der Waals surface area contributed by atoms with Crippen LogP contribution < -0.4 is 0 Å². The van der Waals surface area contributed by atoms with E-state index in [9.17, 15) is 9.59 Å². The lowest BCUT2D eigenvalue weighted by molar-refractivity contribution is -0.109. The molecule has 0 radical (unpaired) electrons. The average molecular weight is 343 g/mol. The molecule has 0 aromatic carbocycles. The summed E-state index contributed by atoms with van der Waals surface area (Å²) in [4.78, 5) is 28.4. The summed E-state index contributed by atoms with van der Waals surface area (Å²) in [6.45, 7) is 13.3. The van der Waals surface area contributed by atoms with E-state index >= 15 is 0 Å². The fraction of sp³-hybridized carbons (Fsp3) is 0.882. The quantitative estimate of drug-likeness (QED) is 0.789. The summed E-state index contributed by atoms with van der Waals surface area (Å²) in [7, 11) is 0. The molecule has 0 spiro atoms. The van der Waals surface area contributed by atoms with Gasteiger partial charge in [0.25, 0.3) is 0 Å². The zero-order valence-electron chi connectivity index (χ0n) is 15.0. The minimum absolute atomic E-state index is 0.126. The Kier molecular flexibility index (Phi) is 6.00. The summed E-state index contributed by atoms with van der Waals surface area (Å²) in [5.41, 5.74) is -0.488. The molecule has 0 bridgehead atoms. The Hall–Kier alpha value is -0.750. The summed E-state index contributed by atoms with van der Waals surface area (Å²) in [6.07, 6.45) is 1.78. The van der Waals surface area contributed by atoms with Crippen LogP contribution in [-0.2, 0) is 9.53 Å². The minimum atomic E-state index is -0.488. The van der Waals surface area contributed by atoms with Gasteiger partial charge in [0.1, 0.15) is 5.60 Å². The number of carbonyl (C=O) groups is 2. The lowest BCUT2D eigenvalue weighted by Crippen LogP contribution is -2.43. The molecule has 2 saturated heterocycles. The lowest BCUT2D eigenvalue weighted by atomic mass is 9.97. The maximum absolute atomic E-state index is 12.6. The summed E-state index contributed by atoms with van der Waals surface area (Å²) in [5.74, 6) is 0.486. The van der Waals surface area contributed by atoms with E-state index in [1.54, 1.807) is 6.92 Å². The van der Waals surface area contributed by atoms with E-state index in [0.29, 0.717) is 12.5 Å². The van der Waals surface area contributed by atoms with Crippen molar-refractivity contribution in [3.05, 3.63) is 0 Å². The Bertz CT molecular complexity index is 450. The molecule has 5 nitrogen and oxygen atoms in total. The monoisotopic (exact) mass is 342 g/mol. The maximum atomic E-state index is 12.6. The molecule has 0 N–H and O–H groups in total. The molecule has 0 aromatic rings. The highest BCUT2D eigenvalue weighted by Crippen LogP contribution is 2.36. The maximum Gasteiger partial charge on any atom is 0.410 e. The Balaban J connectivity index is 2.08. The third-order valence-electron chi connectivity index (χ3n) is 4.57. The zero-order valence-corrected chi connectivity index (χ0v) is 15.8. The molecule has 0 aromatic heterocycles. The van der Waals surface area contributed by atoms with Crippen molar-refractivity contribution < 1.29 is 14.3 Å². The van der Waals surface area contributed by atoms with Gasteiger partial charge in [0.05, 0.1) is 0 Å². The van der Waals surface area contributed by atoms with Gasteiger partial charge in [0.15, 0.2) is 5.12 Å². The molecule has 2 heterocycles. The standard InChI is InChI=1S/C17H30N2O3S/c1-6-18-8-7-13(10-18)15-9-14(23-12(2)20)11-19(15)16(21)22-17(3,4)5/h13-15H,6-11H2,1-5H3/t13-,14-,15-/m0/s1. The van der Waals surface area contributed by atoms with E-state index < -0.39 is 5.60 Å². The minimum Gasteiger partial charge on any atom is -0.444 e. The van der Waals surface area contributed by atoms with Crippen molar-refractivity contribution in [2.24, 2.45) is 5.92 Å². The number of carbonyl (C=O) groups excluding carboxylic acids is 2. The molecule has 0 aliphatic carbocycles. The molecule has 3 atom stereocenters. The summed E-state index contributed by atoms with van der Waals surface area (Å²) in [5, 5.41) is 0.321. The summed E-state index contributed by atoms with van der Waals surface area (Å²) >= 11 is 1.37. The van der Waals surface area contributed by atoms with Crippen LogP contribution in [0.5, 0.6) is 0 Å². The van der Waals surface area contributed by atoms with Crippen LogP contribution in [0.1, 0.15) is 47.5 Å². The number of amides is 1. The van der Waals surface area contributed by atoms with E-state index in [1.807, 2.05) is 25.7 Å².